The number of hydrogen-bond acceptors (Lipinski definition) is 3. The summed E-state index contributed by atoms with van der Waals surface area (Å²) in [4.78, 5) is 0. The molecule has 0 saturated heterocycles. The van der Waals surface area contributed by atoms with Gasteiger partial charge < -0.3 is 15.8 Å². The molecule has 0 aromatic heterocycles. The van der Waals surface area contributed by atoms with Crippen LogP contribution in [0.5, 0.6) is 5.75 Å². The number of nitrogen functional groups attached to an aromatic ring is 1. The fourth-order valence-electron chi connectivity index (χ4n) is 1.65. The maximum absolute atomic E-state index is 6.15. The van der Waals surface area contributed by atoms with Gasteiger partial charge in [0.05, 0.1) is 17.8 Å². The van der Waals surface area contributed by atoms with Crippen molar-refractivity contribution in [2.45, 2.75) is 6.92 Å². The van der Waals surface area contributed by atoms with Crippen LogP contribution in [0.2, 0.25) is 5.02 Å². The third kappa shape index (κ3) is 2.68. The van der Waals surface area contributed by atoms with Crippen molar-refractivity contribution >= 4 is 28.7 Å². The van der Waals surface area contributed by atoms with E-state index in [-0.39, 0.29) is 0 Å². The van der Waals surface area contributed by atoms with E-state index < -0.39 is 0 Å². The number of anilines is 3. The minimum Gasteiger partial charge on any atom is -0.497 e. The summed E-state index contributed by atoms with van der Waals surface area (Å²) in [5.41, 5.74) is 9.32. The molecule has 94 valence electrons. The number of nitrogens with two attached hydrogens (primary N) is 1. The summed E-state index contributed by atoms with van der Waals surface area (Å²) < 4.78 is 5.18. The van der Waals surface area contributed by atoms with Crippen molar-refractivity contribution in [1.82, 2.24) is 0 Å². The largest absolute Gasteiger partial charge is 0.497 e. The number of aryl methyl sites for hydroxylation is 1. The molecule has 0 atom stereocenters. The molecule has 0 fully saturated rings. The summed E-state index contributed by atoms with van der Waals surface area (Å²) in [7, 11) is 1.62. The fourth-order valence-corrected chi connectivity index (χ4v) is 1.81. The highest BCUT2D eigenvalue weighted by molar-refractivity contribution is 6.33. The highest BCUT2D eigenvalue weighted by Crippen LogP contribution is 2.31. The fraction of sp³-hybridized carbons (Fsp3) is 0.143. The number of halogens is 1. The second kappa shape index (κ2) is 5.19. The zero-order valence-corrected chi connectivity index (χ0v) is 11.1. The van der Waals surface area contributed by atoms with Gasteiger partial charge in [-0.3, -0.25) is 0 Å². The van der Waals surface area contributed by atoms with E-state index in [4.69, 9.17) is 22.1 Å². The molecule has 0 amide bonds. The Morgan fingerprint density at radius 2 is 1.89 bits per heavy atom. The highest BCUT2D eigenvalue weighted by atomic mass is 35.5. The lowest BCUT2D eigenvalue weighted by Crippen LogP contribution is -1.96. The normalized spacial score (nSPS) is 10.2. The van der Waals surface area contributed by atoms with Crippen molar-refractivity contribution in [3.63, 3.8) is 0 Å². The Kier molecular flexibility index (Phi) is 3.63. The van der Waals surface area contributed by atoms with Crippen molar-refractivity contribution < 1.29 is 4.74 Å². The van der Waals surface area contributed by atoms with Gasteiger partial charge in [-0.25, -0.2) is 0 Å². The van der Waals surface area contributed by atoms with E-state index in [0.717, 1.165) is 22.7 Å². The molecule has 0 aliphatic rings. The molecule has 3 nitrogen and oxygen atoms in total. The Morgan fingerprint density at radius 1 is 1.11 bits per heavy atom. The SMILES string of the molecule is COc1ccc(Cl)c(Nc2cc(N)ccc2C)c1. The standard InChI is InChI=1S/C14H15ClN2O/c1-9-3-4-10(16)7-13(9)17-14-8-11(18-2)5-6-12(14)15/h3-8,17H,16H2,1-2H3. The topological polar surface area (TPSA) is 47.3 Å². The minimum absolute atomic E-state index is 0.637. The average molecular weight is 263 g/mol. The summed E-state index contributed by atoms with van der Waals surface area (Å²) in [6, 6.07) is 11.2. The summed E-state index contributed by atoms with van der Waals surface area (Å²) in [6.45, 7) is 2.01. The number of benzene rings is 2. The molecule has 0 aliphatic heterocycles. The number of ether oxygens (including phenoxy) is 1. The number of hydrogen-bond donors (Lipinski definition) is 2. The molecule has 2 aromatic rings. The van der Waals surface area contributed by atoms with Gasteiger partial charge in [0.15, 0.2) is 0 Å². The second-order valence-electron chi connectivity index (χ2n) is 4.05. The van der Waals surface area contributed by atoms with Gasteiger partial charge in [0.2, 0.25) is 0 Å². The molecule has 3 N–H and O–H groups in total. The van der Waals surface area contributed by atoms with E-state index in [2.05, 4.69) is 5.32 Å². The van der Waals surface area contributed by atoms with E-state index in [0.29, 0.717) is 10.7 Å². The summed E-state index contributed by atoms with van der Waals surface area (Å²) >= 11 is 6.15. The van der Waals surface area contributed by atoms with Crippen LogP contribution in [0.1, 0.15) is 5.56 Å². The van der Waals surface area contributed by atoms with E-state index in [1.54, 1.807) is 13.2 Å². The van der Waals surface area contributed by atoms with E-state index >= 15 is 0 Å². The van der Waals surface area contributed by atoms with Gasteiger partial charge >= 0.3 is 0 Å². The molecule has 0 saturated carbocycles. The molecule has 0 unspecified atom stereocenters. The first-order chi connectivity index (χ1) is 8.60. The first-order valence-corrected chi connectivity index (χ1v) is 5.94. The smallest absolute Gasteiger partial charge is 0.121 e. The first kappa shape index (κ1) is 12.6. The Bertz CT molecular complexity index is 570. The Labute approximate surface area is 112 Å². The van der Waals surface area contributed by atoms with Gasteiger partial charge in [0.25, 0.3) is 0 Å². The predicted molar refractivity (Wildman–Crippen MR) is 76.9 cm³/mol. The molecule has 0 aliphatic carbocycles. The van der Waals surface area contributed by atoms with Crippen LogP contribution in [0.15, 0.2) is 36.4 Å². The van der Waals surface area contributed by atoms with Crippen molar-refractivity contribution in [2.75, 3.05) is 18.2 Å². The van der Waals surface area contributed by atoms with Crippen molar-refractivity contribution in [3.8, 4) is 5.75 Å². The second-order valence-corrected chi connectivity index (χ2v) is 4.45. The van der Waals surface area contributed by atoms with E-state index in [1.165, 1.54) is 0 Å². The lowest BCUT2D eigenvalue weighted by molar-refractivity contribution is 0.415. The molecule has 0 heterocycles. The van der Waals surface area contributed by atoms with E-state index in [9.17, 15) is 0 Å². The lowest BCUT2D eigenvalue weighted by atomic mass is 10.1. The molecular weight excluding hydrogens is 248 g/mol. The maximum Gasteiger partial charge on any atom is 0.121 e. The molecule has 2 aromatic carbocycles. The quantitative estimate of drug-likeness (QED) is 0.823. The molecule has 18 heavy (non-hydrogen) atoms. The van der Waals surface area contributed by atoms with Gasteiger partial charge in [-0.05, 0) is 36.8 Å². The van der Waals surface area contributed by atoms with Gasteiger partial charge in [0, 0.05) is 17.4 Å². The average Bonchev–Trinajstić information content (AvgIpc) is 2.36. The molecule has 2 rings (SSSR count). The third-order valence-corrected chi connectivity index (χ3v) is 3.03. The molecular formula is C14H15ClN2O. The van der Waals surface area contributed by atoms with Crippen molar-refractivity contribution in [2.24, 2.45) is 0 Å². The molecule has 0 bridgehead atoms. The third-order valence-electron chi connectivity index (χ3n) is 2.70. The zero-order valence-electron chi connectivity index (χ0n) is 10.3. The van der Waals surface area contributed by atoms with Crippen LogP contribution in [-0.4, -0.2) is 7.11 Å². The lowest BCUT2D eigenvalue weighted by Gasteiger charge is -2.12. The molecule has 0 radical (unpaired) electrons. The van der Waals surface area contributed by atoms with Gasteiger partial charge in [0.1, 0.15) is 5.75 Å². The monoisotopic (exact) mass is 262 g/mol. The number of methoxy groups -OCH3 is 1. The van der Waals surface area contributed by atoms with Crippen LogP contribution in [0.25, 0.3) is 0 Å². The number of rotatable bonds is 3. The van der Waals surface area contributed by atoms with Gasteiger partial charge in [-0.1, -0.05) is 17.7 Å². The summed E-state index contributed by atoms with van der Waals surface area (Å²) in [5, 5.41) is 3.90. The van der Waals surface area contributed by atoms with Crippen molar-refractivity contribution in [1.29, 1.82) is 0 Å². The van der Waals surface area contributed by atoms with E-state index in [1.807, 2.05) is 37.3 Å². The summed E-state index contributed by atoms with van der Waals surface area (Å²) in [6.07, 6.45) is 0. The zero-order chi connectivity index (χ0) is 13.1. The van der Waals surface area contributed by atoms with Crippen LogP contribution in [0, 0.1) is 6.92 Å². The van der Waals surface area contributed by atoms with Crippen LogP contribution < -0.4 is 15.8 Å². The van der Waals surface area contributed by atoms with Crippen LogP contribution in [0.3, 0.4) is 0 Å². The van der Waals surface area contributed by atoms with Crippen LogP contribution >= 0.6 is 11.6 Å². The maximum atomic E-state index is 6.15. The van der Waals surface area contributed by atoms with Crippen LogP contribution in [-0.2, 0) is 0 Å². The Hall–Kier alpha value is -1.87. The van der Waals surface area contributed by atoms with Gasteiger partial charge in [-0.15, -0.1) is 0 Å². The van der Waals surface area contributed by atoms with Crippen molar-refractivity contribution in [3.05, 3.63) is 47.0 Å². The number of nitrogens with one attached hydrogen (secondary N) is 1. The Morgan fingerprint density at radius 3 is 2.61 bits per heavy atom. The minimum atomic E-state index is 0.637. The first-order valence-electron chi connectivity index (χ1n) is 5.57. The molecule has 4 heteroatoms. The Balaban J connectivity index is 2.36. The predicted octanol–water partition coefficient (Wildman–Crippen LogP) is 3.98. The van der Waals surface area contributed by atoms with Gasteiger partial charge in [-0.2, -0.15) is 0 Å². The molecule has 0 spiro atoms. The van der Waals surface area contributed by atoms with Crippen LogP contribution in [0.4, 0.5) is 17.1 Å². The highest BCUT2D eigenvalue weighted by Gasteiger charge is 2.05. The summed E-state index contributed by atoms with van der Waals surface area (Å²) in [5.74, 6) is 0.753.